The van der Waals surface area contributed by atoms with Crippen LogP contribution in [0.4, 0.5) is 0 Å². The Labute approximate surface area is 348 Å². The van der Waals surface area contributed by atoms with Crippen LogP contribution in [0.3, 0.4) is 0 Å². The highest BCUT2D eigenvalue weighted by Gasteiger charge is 2.67. The molecule has 58 heavy (non-hydrogen) atoms. The molecule has 0 aromatic heterocycles. The number of hydrogen-bond donors (Lipinski definition) is 0. The topological polar surface area (TPSA) is 97.4 Å². The molecule has 7 rings (SSSR count). The normalized spacial score (nSPS) is 35.3. The molecular formula is C49H68O8Si. The molecule has 4 fully saturated rings. The van der Waals surface area contributed by atoms with Crippen LogP contribution in [0.1, 0.15) is 127 Å². The second-order valence-corrected chi connectivity index (χ2v) is 25.5. The monoisotopic (exact) mass is 812 g/mol. The van der Waals surface area contributed by atoms with Crippen molar-refractivity contribution in [2.45, 2.75) is 155 Å². The summed E-state index contributed by atoms with van der Waals surface area (Å²) in [5.41, 5.74) is 1.32. The quantitative estimate of drug-likeness (QED) is 0.0958. The summed E-state index contributed by atoms with van der Waals surface area (Å²) < 4.78 is 32.7. The molecule has 1 heterocycles. The van der Waals surface area contributed by atoms with Gasteiger partial charge in [0.15, 0.2) is 8.32 Å². The molecule has 1 saturated heterocycles. The summed E-state index contributed by atoms with van der Waals surface area (Å²) in [7, 11) is -2.15. The maximum Gasteiger partial charge on any atom is 0.338 e. The second-order valence-electron chi connectivity index (χ2n) is 20.7. The third-order valence-electron chi connectivity index (χ3n) is 16.1. The molecule has 0 unspecified atom stereocenters. The van der Waals surface area contributed by atoms with Gasteiger partial charge in [-0.3, -0.25) is 4.79 Å². The Morgan fingerprint density at radius 3 is 2.12 bits per heavy atom. The highest BCUT2D eigenvalue weighted by Crippen LogP contribution is 2.69. The molecule has 316 valence electrons. The van der Waals surface area contributed by atoms with Crippen LogP contribution < -0.4 is 0 Å². The van der Waals surface area contributed by atoms with Crippen molar-refractivity contribution in [1.29, 1.82) is 0 Å². The molecule has 2 aromatic carbocycles. The standard InChI is InChI=1S/C49H68O8Si/c1-31-40(24-25-47(6,30-53-58(9,10)46(3,4)5)57-45(52)34-19-15-12-16-20-34)55-41-28-39-37-22-21-35-27-36(54-32(2)50)23-26-48(35,7)38(37)29-42(49(39,8)43(31)41)56-44(51)33-17-13-11-14-18-33/h11-20,28,31,35-38,40-43H,21-27,29-30H2,1-10H3/t31-,35+,36+,37-,38+,40-,41+,42+,43+,47+,48+,49-/m1/s1. The zero-order valence-corrected chi connectivity index (χ0v) is 37.7. The first kappa shape index (κ1) is 42.8. The van der Waals surface area contributed by atoms with E-state index in [0.29, 0.717) is 48.3 Å². The van der Waals surface area contributed by atoms with Crippen LogP contribution in [0, 0.1) is 40.4 Å². The van der Waals surface area contributed by atoms with Gasteiger partial charge >= 0.3 is 17.9 Å². The Hall–Kier alpha value is -3.27. The van der Waals surface area contributed by atoms with Gasteiger partial charge in [0.2, 0.25) is 0 Å². The number of esters is 3. The minimum Gasteiger partial charge on any atom is -0.463 e. The van der Waals surface area contributed by atoms with Gasteiger partial charge in [0.05, 0.1) is 29.9 Å². The fourth-order valence-corrected chi connectivity index (χ4v) is 12.8. The zero-order chi connectivity index (χ0) is 41.8. The highest BCUT2D eigenvalue weighted by molar-refractivity contribution is 6.74. The summed E-state index contributed by atoms with van der Waals surface area (Å²) in [5.74, 6) is 0.671. The fourth-order valence-electron chi connectivity index (χ4n) is 11.7. The molecule has 0 radical (unpaired) electrons. The van der Waals surface area contributed by atoms with Gasteiger partial charge in [0.1, 0.15) is 17.8 Å². The molecule has 0 spiro atoms. The average molecular weight is 813 g/mol. The van der Waals surface area contributed by atoms with Crippen LogP contribution >= 0.6 is 0 Å². The minimum atomic E-state index is -2.15. The van der Waals surface area contributed by atoms with E-state index in [1.165, 1.54) is 12.5 Å². The van der Waals surface area contributed by atoms with Crippen molar-refractivity contribution in [2.75, 3.05) is 6.61 Å². The minimum absolute atomic E-state index is 0.0108. The van der Waals surface area contributed by atoms with Gasteiger partial charge in [-0.05, 0) is 130 Å². The van der Waals surface area contributed by atoms with Gasteiger partial charge in [0, 0.05) is 18.3 Å². The van der Waals surface area contributed by atoms with Gasteiger partial charge in [0.25, 0.3) is 0 Å². The number of fused-ring (bicyclic) bond motifs is 7. The SMILES string of the molecule is CC(=O)O[C@H]1CC[C@@]2(C)[C@@H](CC[C@H]3C4=C[C@@H]5O[C@H](CC[C@@](C)(CO[Si](C)(C)C(C)(C)C)OC(=O)c6ccccc6)[C@@H](C)[C@@H]5[C@@]4(C)[C@@H](OC(=O)c4ccccc4)C[C@@H]32)C1. The van der Waals surface area contributed by atoms with E-state index in [9.17, 15) is 14.4 Å². The molecule has 4 aliphatic carbocycles. The van der Waals surface area contributed by atoms with Crippen LogP contribution in [0.15, 0.2) is 72.3 Å². The highest BCUT2D eigenvalue weighted by atomic mass is 28.4. The summed E-state index contributed by atoms with van der Waals surface area (Å²) >= 11 is 0. The van der Waals surface area contributed by atoms with E-state index in [1.54, 1.807) is 12.1 Å². The molecule has 0 amide bonds. The molecule has 0 bridgehead atoms. The van der Waals surface area contributed by atoms with Crippen molar-refractivity contribution < 1.29 is 37.8 Å². The van der Waals surface area contributed by atoms with E-state index in [-0.39, 0.29) is 64.6 Å². The number of hydrogen-bond acceptors (Lipinski definition) is 8. The van der Waals surface area contributed by atoms with Crippen LogP contribution in [-0.4, -0.2) is 62.8 Å². The molecule has 12 atom stereocenters. The Bertz CT molecular complexity index is 1850. The predicted octanol–water partition coefficient (Wildman–Crippen LogP) is 10.8. The predicted molar refractivity (Wildman–Crippen MR) is 228 cm³/mol. The van der Waals surface area contributed by atoms with E-state index in [4.69, 9.17) is 23.4 Å². The third kappa shape index (κ3) is 8.01. The average Bonchev–Trinajstić information content (AvgIpc) is 3.66. The van der Waals surface area contributed by atoms with Gasteiger partial charge in [-0.2, -0.15) is 0 Å². The first-order chi connectivity index (χ1) is 27.3. The van der Waals surface area contributed by atoms with Crippen molar-refractivity contribution in [2.24, 2.45) is 40.4 Å². The maximum absolute atomic E-state index is 14.0. The number of carbonyl (C=O) groups excluding carboxylic acids is 3. The molecule has 3 saturated carbocycles. The lowest BCUT2D eigenvalue weighted by Crippen LogP contribution is -2.57. The summed E-state index contributed by atoms with van der Waals surface area (Å²) in [6, 6.07) is 18.6. The number of ether oxygens (including phenoxy) is 4. The van der Waals surface area contributed by atoms with Crippen molar-refractivity contribution in [3.05, 3.63) is 83.4 Å². The van der Waals surface area contributed by atoms with Crippen molar-refractivity contribution in [1.82, 2.24) is 0 Å². The molecular weight excluding hydrogens is 745 g/mol. The van der Waals surface area contributed by atoms with Crippen LogP contribution in [0.25, 0.3) is 0 Å². The lowest BCUT2D eigenvalue weighted by atomic mass is 9.45. The van der Waals surface area contributed by atoms with E-state index in [2.05, 4.69) is 60.7 Å². The fraction of sp³-hybridized carbons (Fsp3) is 0.653. The zero-order valence-electron chi connectivity index (χ0n) is 36.7. The van der Waals surface area contributed by atoms with Gasteiger partial charge in [-0.15, -0.1) is 0 Å². The van der Waals surface area contributed by atoms with Crippen LogP contribution in [0.5, 0.6) is 0 Å². The molecule has 5 aliphatic rings. The molecule has 8 nitrogen and oxygen atoms in total. The van der Waals surface area contributed by atoms with Crippen molar-refractivity contribution >= 4 is 26.2 Å². The van der Waals surface area contributed by atoms with E-state index in [0.717, 1.165) is 38.5 Å². The lowest BCUT2D eigenvalue weighted by Gasteiger charge is -2.61. The molecule has 9 heteroatoms. The Kier molecular flexibility index (Phi) is 11.8. The lowest BCUT2D eigenvalue weighted by molar-refractivity contribution is -0.158. The molecule has 2 aromatic rings. The van der Waals surface area contributed by atoms with Crippen molar-refractivity contribution in [3.8, 4) is 0 Å². The van der Waals surface area contributed by atoms with Crippen molar-refractivity contribution in [3.63, 3.8) is 0 Å². The largest absolute Gasteiger partial charge is 0.463 e. The van der Waals surface area contributed by atoms with E-state index in [1.807, 2.05) is 55.5 Å². The molecule has 0 N–H and O–H groups in total. The second kappa shape index (κ2) is 16.0. The van der Waals surface area contributed by atoms with E-state index < -0.39 is 19.3 Å². The van der Waals surface area contributed by atoms with Gasteiger partial charge in [-0.25, -0.2) is 9.59 Å². The van der Waals surface area contributed by atoms with Gasteiger partial charge in [-0.1, -0.05) is 89.6 Å². The Morgan fingerprint density at radius 1 is 0.862 bits per heavy atom. The van der Waals surface area contributed by atoms with Crippen LogP contribution in [0.2, 0.25) is 18.1 Å². The number of benzene rings is 2. The van der Waals surface area contributed by atoms with Crippen LogP contribution in [-0.2, 0) is 28.2 Å². The third-order valence-corrected chi connectivity index (χ3v) is 20.6. The number of carbonyl (C=O) groups is 3. The Balaban J connectivity index is 1.15. The summed E-state index contributed by atoms with van der Waals surface area (Å²) in [4.78, 5) is 39.4. The van der Waals surface area contributed by atoms with Gasteiger partial charge < -0.3 is 23.4 Å². The van der Waals surface area contributed by atoms with E-state index >= 15 is 0 Å². The number of rotatable bonds is 11. The first-order valence-electron chi connectivity index (χ1n) is 22.0. The summed E-state index contributed by atoms with van der Waals surface area (Å²) in [5, 5.41) is 0.0108. The molecule has 1 aliphatic heterocycles. The smallest absolute Gasteiger partial charge is 0.338 e. The Morgan fingerprint density at radius 2 is 1.50 bits per heavy atom. The summed E-state index contributed by atoms with van der Waals surface area (Å²) in [6.45, 7) is 22.1. The first-order valence-corrected chi connectivity index (χ1v) is 24.9. The maximum atomic E-state index is 14.0. The summed E-state index contributed by atoms with van der Waals surface area (Å²) in [6.07, 6.45) is 8.98.